The lowest BCUT2D eigenvalue weighted by Gasteiger charge is -2.08. The number of halogens is 1. The fraction of sp³-hybridized carbons (Fsp3) is 0.0870. The summed E-state index contributed by atoms with van der Waals surface area (Å²) < 4.78 is 3.47. The highest BCUT2D eigenvalue weighted by molar-refractivity contribution is 6.30. The lowest BCUT2D eigenvalue weighted by molar-refractivity contribution is 0.0953. The van der Waals surface area contributed by atoms with Crippen LogP contribution in [0.3, 0.4) is 0 Å². The second kappa shape index (κ2) is 8.39. The van der Waals surface area contributed by atoms with Gasteiger partial charge in [-0.15, -0.1) is 0 Å². The molecule has 2 aromatic heterocycles. The second-order valence-electron chi connectivity index (χ2n) is 6.89. The van der Waals surface area contributed by atoms with Crippen molar-refractivity contribution in [3.05, 3.63) is 105 Å². The van der Waals surface area contributed by atoms with Gasteiger partial charge in [-0.25, -0.2) is 5.43 Å². The van der Waals surface area contributed by atoms with Crippen LogP contribution in [0.5, 0.6) is 0 Å². The van der Waals surface area contributed by atoms with Crippen molar-refractivity contribution in [1.29, 1.82) is 0 Å². The number of pyridine rings is 1. The summed E-state index contributed by atoms with van der Waals surface area (Å²) in [7, 11) is 1.95. The molecule has 1 amide bonds. The molecule has 7 heteroatoms. The van der Waals surface area contributed by atoms with Gasteiger partial charge < -0.3 is 9.13 Å². The third-order valence-electron chi connectivity index (χ3n) is 4.83. The minimum Gasteiger partial charge on any atom is -0.350 e. The standard InChI is InChI=1S/C23H19ClN4O2/c1-27-15-17(19-5-2-3-7-21(19)27)13-25-26-22(29)20-6-4-12-28(23(20)30)14-16-8-10-18(24)11-9-16/h2-13,15H,14H2,1H3,(H,26,29)/b25-13-. The van der Waals surface area contributed by atoms with Crippen LogP contribution < -0.4 is 11.0 Å². The summed E-state index contributed by atoms with van der Waals surface area (Å²) in [5.74, 6) is -0.554. The Kier molecular flexibility index (Phi) is 5.50. The van der Waals surface area contributed by atoms with Crippen molar-refractivity contribution in [3.63, 3.8) is 0 Å². The van der Waals surface area contributed by atoms with E-state index in [1.165, 1.54) is 10.6 Å². The number of hydrogen-bond acceptors (Lipinski definition) is 3. The van der Waals surface area contributed by atoms with E-state index in [1.54, 1.807) is 30.6 Å². The normalized spacial score (nSPS) is 11.3. The Morgan fingerprint density at radius 2 is 1.87 bits per heavy atom. The van der Waals surface area contributed by atoms with Crippen molar-refractivity contribution >= 4 is 34.6 Å². The van der Waals surface area contributed by atoms with Crippen molar-refractivity contribution in [2.75, 3.05) is 0 Å². The number of carbonyl (C=O) groups is 1. The van der Waals surface area contributed by atoms with E-state index in [2.05, 4.69) is 10.5 Å². The van der Waals surface area contributed by atoms with E-state index >= 15 is 0 Å². The average Bonchev–Trinajstić information content (AvgIpc) is 3.07. The summed E-state index contributed by atoms with van der Waals surface area (Å²) in [6, 6.07) is 18.3. The fourth-order valence-electron chi connectivity index (χ4n) is 3.32. The molecule has 0 radical (unpaired) electrons. The van der Waals surface area contributed by atoms with Crippen LogP contribution >= 0.6 is 11.6 Å². The Morgan fingerprint density at radius 1 is 1.10 bits per heavy atom. The van der Waals surface area contributed by atoms with E-state index in [0.29, 0.717) is 11.6 Å². The van der Waals surface area contributed by atoms with E-state index in [1.807, 2.05) is 54.2 Å². The first-order valence-electron chi connectivity index (χ1n) is 9.34. The Balaban J connectivity index is 1.51. The van der Waals surface area contributed by atoms with Crippen molar-refractivity contribution in [2.24, 2.45) is 12.1 Å². The summed E-state index contributed by atoms with van der Waals surface area (Å²) in [5, 5.41) is 5.70. The molecule has 0 aliphatic rings. The summed E-state index contributed by atoms with van der Waals surface area (Å²) in [5.41, 5.74) is 4.95. The van der Waals surface area contributed by atoms with Gasteiger partial charge in [0, 0.05) is 40.9 Å². The van der Waals surface area contributed by atoms with Crippen LogP contribution in [0.25, 0.3) is 10.9 Å². The molecule has 0 fully saturated rings. The number of fused-ring (bicyclic) bond motifs is 1. The van der Waals surface area contributed by atoms with E-state index in [4.69, 9.17) is 11.6 Å². The topological polar surface area (TPSA) is 68.4 Å². The zero-order valence-corrected chi connectivity index (χ0v) is 17.0. The van der Waals surface area contributed by atoms with Gasteiger partial charge in [0.1, 0.15) is 5.56 Å². The van der Waals surface area contributed by atoms with Crippen molar-refractivity contribution in [2.45, 2.75) is 6.54 Å². The number of rotatable bonds is 5. The van der Waals surface area contributed by atoms with E-state index in [9.17, 15) is 9.59 Å². The number of para-hydroxylation sites is 1. The molecule has 0 saturated carbocycles. The molecule has 0 aliphatic carbocycles. The predicted molar refractivity (Wildman–Crippen MR) is 119 cm³/mol. The number of nitrogens with one attached hydrogen (secondary N) is 1. The molecule has 4 aromatic rings. The quantitative estimate of drug-likeness (QED) is 0.395. The number of benzene rings is 2. The highest BCUT2D eigenvalue weighted by Crippen LogP contribution is 2.18. The molecule has 2 aromatic carbocycles. The number of aromatic nitrogens is 2. The number of hydrogen-bond donors (Lipinski definition) is 1. The summed E-state index contributed by atoms with van der Waals surface area (Å²) in [4.78, 5) is 25.2. The molecule has 0 unspecified atom stereocenters. The third-order valence-corrected chi connectivity index (χ3v) is 5.08. The molecule has 150 valence electrons. The van der Waals surface area contributed by atoms with Gasteiger partial charge in [0.25, 0.3) is 11.5 Å². The Labute approximate surface area is 178 Å². The molecule has 0 atom stereocenters. The van der Waals surface area contributed by atoms with Gasteiger partial charge in [-0.2, -0.15) is 5.10 Å². The fourth-order valence-corrected chi connectivity index (χ4v) is 3.44. The first kappa shape index (κ1) is 19.7. The molecule has 4 rings (SSSR count). The highest BCUT2D eigenvalue weighted by Gasteiger charge is 2.12. The maximum atomic E-state index is 12.7. The molecular formula is C23H19ClN4O2. The molecule has 2 heterocycles. The lowest BCUT2D eigenvalue weighted by Crippen LogP contribution is -2.30. The number of aryl methyl sites for hydroxylation is 1. The number of nitrogens with zero attached hydrogens (tertiary/aromatic N) is 3. The molecule has 0 bridgehead atoms. The van der Waals surface area contributed by atoms with E-state index in [0.717, 1.165) is 22.0 Å². The van der Waals surface area contributed by atoms with Crippen LogP contribution in [0, 0.1) is 0 Å². The van der Waals surface area contributed by atoms with Crippen LogP contribution in [0.15, 0.2) is 83.0 Å². The zero-order valence-electron chi connectivity index (χ0n) is 16.2. The molecule has 0 saturated heterocycles. The smallest absolute Gasteiger partial charge is 0.276 e. The number of carbonyl (C=O) groups excluding carboxylic acids is 1. The molecule has 6 nitrogen and oxygen atoms in total. The van der Waals surface area contributed by atoms with Crippen LogP contribution in [0.1, 0.15) is 21.5 Å². The van der Waals surface area contributed by atoms with Gasteiger partial charge in [0.15, 0.2) is 0 Å². The molecular weight excluding hydrogens is 400 g/mol. The third kappa shape index (κ3) is 4.04. The summed E-state index contributed by atoms with van der Waals surface area (Å²) in [6.07, 6.45) is 5.16. The lowest BCUT2D eigenvalue weighted by atomic mass is 10.2. The monoisotopic (exact) mass is 418 g/mol. The molecule has 30 heavy (non-hydrogen) atoms. The maximum Gasteiger partial charge on any atom is 0.276 e. The molecule has 0 aliphatic heterocycles. The van der Waals surface area contributed by atoms with Gasteiger partial charge in [-0.3, -0.25) is 9.59 Å². The van der Waals surface area contributed by atoms with Crippen molar-refractivity contribution in [1.82, 2.24) is 14.6 Å². The predicted octanol–water partition coefficient (Wildman–Crippen LogP) is 3.81. The van der Waals surface area contributed by atoms with Crippen molar-refractivity contribution in [3.8, 4) is 0 Å². The maximum absolute atomic E-state index is 12.7. The summed E-state index contributed by atoms with van der Waals surface area (Å²) in [6.45, 7) is 0.344. The Hall–Kier alpha value is -3.64. The van der Waals surface area contributed by atoms with Gasteiger partial charge in [0.2, 0.25) is 0 Å². The van der Waals surface area contributed by atoms with Crippen molar-refractivity contribution < 1.29 is 4.79 Å². The van der Waals surface area contributed by atoms with E-state index < -0.39 is 5.91 Å². The van der Waals surface area contributed by atoms with Crippen LogP contribution in [-0.4, -0.2) is 21.3 Å². The largest absolute Gasteiger partial charge is 0.350 e. The Morgan fingerprint density at radius 3 is 2.67 bits per heavy atom. The van der Waals surface area contributed by atoms with Crippen LogP contribution in [-0.2, 0) is 13.6 Å². The second-order valence-corrected chi connectivity index (χ2v) is 7.33. The Bertz CT molecular complexity index is 1300. The molecule has 1 N–H and O–H groups in total. The first-order chi connectivity index (χ1) is 14.5. The van der Waals surface area contributed by atoms with Gasteiger partial charge in [-0.05, 0) is 35.9 Å². The average molecular weight is 419 g/mol. The molecule has 0 spiro atoms. The highest BCUT2D eigenvalue weighted by atomic mass is 35.5. The van der Waals surface area contributed by atoms with Crippen LogP contribution in [0.2, 0.25) is 5.02 Å². The first-order valence-corrected chi connectivity index (χ1v) is 9.72. The van der Waals surface area contributed by atoms with Crippen LogP contribution in [0.4, 0.5) is 0 Å². The van der Waals surface area contributed by atoms with Gasteiger partial charge >= 0.3 is 0 Å². The number of amides is 1. The van der Waals surface area contributed by atoms with E-state index in [-0.39, 0.29) is 11.1 Å². The number of hydrazone groups is 1. The van der Waals surface area contributed by atoms with Gasteiger partial charge in [0.05, 0.1) is 12.8 Å². The zero-order chi connectivity index (χ0) is 21.1. The minimum absolute atomic E-state index is 0.0292. The SMILES string of the molecule is Cn1cc(/C=N\NC(=O)c2cccn(Cc3ccc(Cl)cc3)c2=O)c2ccccc21. The van der Waals surface area contributed by atoms with Gasteiger partial charge in [-0.1, -0.05) is 41.9 Å². The minimum atomic E-state index is -0.554. The summed E-state index contributed by atoms with van der Waals surface area (Å²) >= 11 is 5.90.